The lowest BCUT2D eigenvalue weighted by Crippen LogP contribution is -2.25. The SMILES string of the molecule is [CH2]OC(=O)OC(=O)C(C)(C)C. The van der Waals surface area contributed by atoms with Gasteiger partial charge in [0.1, 0.15) is 7.11 Å². The average Bonchev–Trinajstić information content (AvgIpc) is 1.85. The van der Waals surface area contributed by atoms with Gasteiger partial charge >= 0.3 is 12.1 Å². The van der Waals surface area contributed by atoms with E-state index in [1.807, 2.05) is 0 Å². The van der Waals surface area contributed by atoms with Gasteiger partial charge in [0, 0.05) is 0 Å². The lowest BCUT2D eigenvalue weighted by molar-refractivity contribution is -0.148. The molecular formula is C7H11O4. The molecule has 0 aromatic rings. The molecule has 0 N–H and O–H groups in total. The second-order valence-corrected chi connectivity index (χ2v) is 3.03. The van der Waals surface area contributed by atoms with Crippen LogP contribution < -0.4 is 0 Å². The molecule has 0 spiro atoms. The fraction of sp³-hybridized carbons (Fsp3) is 0.571. The Labute approximate surface area is 65.5 Å². The number of carbonyl (C=O) groups is 2. The molecule has 0 saturated heterocycles. The van der Waals surface area contributed by atoms with Gasteiger partial charge in [-0.15, -0.1) is 0 Å². The van der Waals surface area contributed by atoms with E-state index in [0.29, 0.717) is 0 Å². The van der Waals surface area contributed by atoms with Crippen LogP contribution >= 0.6 is 0 Å². The smallest absolute Gasteiger partial charge is 0.430 e. The van der Waals surface area contributed by atoms with E-state index in [1.54, 1.807) is 20.8 Å². The Balaban J connectivity index is 3.99. The number of ether oxygens (including phenoxy) is 2. The van der Waals surface area contributed by atoms with Crippen LogP contribution in [0.5, 0.6) is 0 Å². The van der Waals surface area contributed by atoms with E-state index in [1.165, 1.54) is 0 Å². The summed E-state index contributed by atoms with van der Waals surface area (Å²) in [5.41, 5.74) is -0.700. The van der Waals surface area contributed by atoms with Gasteiger partial charge in [-0.05, 0) is 20.8 Å². The molecule has 0 saturated carbocycles. The van der Waals surface area contributed by atoms with Crippen LogP contribution in [0.4, 0.5) is 4.79 Å². The molecule has 0 rings (SSSR count). The Bertz CT molecular complexity index is 166. The summed E-state index contributed by atoms with van der Waals surface area (Å²) >= 11 is 0. The minimum Gasteiger partial charge on any atom is -0.430 e. The number of rotatable bonds is 0. The lowest BCUT2D eigenvalue weighted by Gasteiger charge is -2.13. The van der Waals surface area contributed by atoms with Crippen LogP contribution in [0.2, 0.25) is 0 Å². The van der Waals surface area contributed by atoms with E-state index in [2.05, 4.69) is 16.6 Å². The first kappa shape index (κ1) is 9.94. The van der Waals surface area contributed by atoms with Crippen LogP contribution in [0.25, 0.3) is 0 Å². The molecule has 0 fully saturated rings. The molecule has 0 aromatic carbocycles. The topological polar surface area (TPSA) is 52.6 Å². The fourth-order valence-corrected chi connectivity index (χ4v) is 0.258. The van der Waals surface area contributed by atoms with E-state index in [0.717, 1.165) is 0 Å². The third-order valence-electron chi connectivity index (χ3n) is 0.906. The maximum absolute atomic E-state index is 10.9. The van der Waals surface area contributed by atoms with E-state index in [-0.39, 0.29) is 0 Å². The molecule has 0 unspecified atom stereocenters. The molecule has 63 valence electrons. The van der Waals surface area contributed by atoms with Crippen molar-refractivity contribution in [1.29, 1.82) is 0 Å². The number of carbonyl (C=O) groups excluding carboxylic acids is 2. The molecule has 0 bridgehead atoms. The predicted octanol–water partition coefficient (Wildman–Crippen LogP) is 1.50. The average molecular weight is 159 g/mol. The largest absolute Gasteiger partial charge is 0.516 e. The summed E-state index contributed by atoms with van der Waals surface area (Å²) in [6.07, 6.45) is -1.08. The first-order valence-electron chi connectivity index (χ1n) is 3.06. The lowest BCUT2D eigenvalue weighted by atomic mass is 9.98. The van der Waals surface area contributed by atoms with Gasteiger partial charge in [0.05, 0.1) is 5.41 Å². The van der Waals surface area contributed by atoms with Crippen LogP contribution in [0, 0.1) is 12.5 Å². The van der Waals surface area contributed by atoms with Crippen LogP contribution in [0.1, 0.15) is 20.8 Å². The van der Waals surface area contributed by atoms with Gasteiger partial charge in [-0.25, -0.2) is 4.79 Å². The molecule has 0 heterocycles. The van der Waals surface area contributed by atoms with Crippen molar-refractivity contribution in [3.63, 3.8) is 0 Å². The van der Waals surface area contributed by atoms with Gasteiger partial charge in [-0.2, -0.15) is 0 Å². The molecule has 0 aliphatic heterocycles. The second-order valence-electron chi connectivity index (χ2n) is 3.03. The van der Waals surface area contributed by atoms with Crippen LogP contribution in [-0.4, -0.2) is 12.1 Å². The van der Waals surface area contributed by atoms with E-state index >= 15 is 0 Å². The van der Waals surface area contributed by atoms with Crippen molar-refractivity contribution < 1.29 is 19.1 Å². The molecule has 0 aliphatic rings. The van der Waals surface area contributed by atoms with Gasteiger partial charge < -0.3 is 9.47 Å². The van der Waals surface area contributed by atoms with Crippen molar-refractivity contribution in [2.24, 2.45) is 5.41 Å². The fourth-order valence-electron chi connectivity index (χ4n) is 0.258. The molecule has 0 atom stereocenters. The summed E-state index contributed by atoms with van der Waals surface area (Å²) in [5.74, 6) is -0.633. The van der Waals surface area contributed by atoms with Crippen molar-refractivity contribution in [3.05, 3.63) is 7.11 Å². The molecule has 11 heavy (non-hydrogen) atoms. The predicted molar refractivity (Wildman–Crippen MR) is 37.4 cm³/mol. The van der Waals surface area contributed by atoms with Crippen molar-refractivity contribution >= 4 is 12.1 Å². The third-order valence-corrected chi connectivity index (χ3v) is 0.906. The number of esters is 1. The number of hydrogen-bond acceptors (Lipinski definition) is 4. The van der Waals surface area contributed by atoms with Crippen molar-refractivity contribution in [1.82, 2.24) is 0 Å². The Morgan fingerprint density at radius 2 is 1.73 bits per heavy atom. The maximum Gasteiger partial charge on any atom is 0.516 e. The Morgan fingerprint density at radius 3 is 2.00 bits per heavy atom. The van der Waals surface area contributed by atoms with Crippen LogP contribution in [0.3, 0.4) is 0 Å². The Kier molecular flexibility index (Phi) is 3.04. The quantitative estimate of drug-likeness (QED) is 0.397. The summed E-state index contributed by atoms with van der Waals surface area (Å²) in [6.45, 7) is 4.89. The highest BCUT2D eigenvalue weighted by Crippen LogP contribution is 2.15. The minimum absolute atomic E-state index is 0.633. The molecule has 4 nitrogen and oxygen atoms in total. The van der Waals surface area contributed by atoms with Crippen LogP contribution in [0.15, 0.2) is 0 Å². The highest BCUT2D eigenvalue weighted by molar-refractivity contribution is 5.85. The zero-order chi connectivity index (χ0) is 9.07. The normalized spacial score (nSPS) is 10.5. The van der Waals surface area contributed by atoms with E-state index < -0.39 is 17.5 Å². The molecule has 0 amide bonds. The van der Waals surface area contributed by atoms with E-state index in [4.69, 9.17) is 0 Å². The molecule has 1 radical (unpaired) electrons. The van der Waals surface area contributed by atoms with Gasteiger partial charge in [0.2, 0.25) is 0 Å². The second kappa shape index (κ2) is 3.37. The van der Waals surface area contributed by atoms with Crippen molar-refractivity contribution in [2.45, 2.75) is 20.8 Å². The Hall–Kier alpha value is -1.06. The van der Waals surface area contributed by atoms with Crippen molar-refractivity contribution in [2.75, 3.05) is 0 Å². The van der Waals surface area contributed by atoms with E-state index in [9.17, 15) is 9.59 Å². The summed E-state index contributed by atoms with van der Waals surface area (Å²) in [4.78, 5) is 21.2. The van der Waals surface area contributed by atoms with Gasteiger partial charge in [0.25, 0.3) is 0 Å². The van der Waals surface area contributed by atoms with Crippen molar-refractivity contribution in [3.8, 4) is 0 Å². The summed E-state index contributed by atoms with van der Waals surface area (Å²) < 4.78 is 8.09. The number of hydrogen-bond donors (Lipinski definition) is 0. The zero-order valence-corrected chi connectivity index (χ0v) is 6.84. The summed E-state index contributed by atoms with van der Waals surface area (Å²) in [6, 6.07) is 0. The molecule has 0 aromatic heterocycles. The highest BCUT2D eigenvalue weighted by Gasteiger charge is 2.25. The van der Waals surface area contributed by atoms with Gasteiger partial charge in [-0.1, -0.05) is 0 Å². The maximum atomic E-state index is 10.9. The van der Waals surface area contributed by atoms with Gasteiger partial charge in [0.15, 0.2) is 0 Å². The minimum atomic E-state index is -1.08. The summed E-state index contributed by atoms with van der Waals surface area (Å²) in [5, 5.41) is 0. The van der Waals surface area contributed by atoms with Gasteiger partial charge in [-0.3, -0.25) is 4.79 Å². The first-order chi connectivity index (χ1) is 4.88. The molecule has 0 aliphatic carbocycles. The zero-order valence-electron chi connectivity index (χ0n) is 6.84. The Morgan fingerprint density at radius 1 is 1.27 bits per heavy atom. The molecular weight excluding hydrogens is 148 g/mol. The third kappa shape index (κ3) is 3.60. The first-order valence-corrected chi connectivity index (χ1v) is 3.06. The highest BCUT2D eigenvalue weighted by atomic mass is 16.7. The molecule has 4 heteroatoms. The monoisotopic (exact) mass is 159 g/mol. The standard InChI is InChI=1S/C7H11O4/c1-7(2,3)5(8)11-6(9)10-4/h4H2,1-3H3. The van der Waals surface area contributed by atoms with Crippen LogP contribution in [-0.2, 0) is 14.3 Å². The summed E-state index contributed by atoms with van der Waals surface area (Å²) in [7, 11) is 2.79.